The average Bonchev–Trinajstić information content (AvgIpc) is 3.68. The van der Waals surface area contributed by atoms with Gasteiger partial charge in [0.25, 0.3) is 0 Å². The number of halogens is 2. The predicted molar refractivity (Wildman–Crippen MR) is 174 cm³/mol. The largest absolute Gasteiger partial charge is 0.444 e. The minimum atomic E-state index is -0.819. The van der Waals surface area contributed by atoms with E-state index in [1.165, 1.54) is 0 Å². The zero-order valence-electron chi connectivity index (χ0n) is 27.2. The predicted octanol–water partition coefficient (Wildman–Crippen LogP) is 6.63. The van der Waals surface area contributed by atoms with Gasteiger partial charge in [0.15, 0.2) is 11.6 Å². The normalized spacial score (nSPS) is 18.8. The Labute approximate surface area is 278 Å². The summed E-state index contributed by atoms with van der Waals surface area (Å²) in [5, 5.41) is 13.3. The molecule has 2 amide bonds. The van der Waals surface area contributed by atoms with Gasteiger partial charge in [-0.3, -0.25) is 10.3 Å². The number of benzene rings is 1. The SMILES string of the molecule is CC(C)(C)OC(=O)Nc1sc2c(F)cnc(-c3c4c(c5cnc(N6C[C@@H]7[C@H]6CCN7C(=O)OC(C)(C)C)nc5c3F)COC4)c2c1C#N. The molecule has 2 saturated heterocycles. The van der Waals surface area contributed by atoms with E-state index in [1.807, 2.05) is 31.7 Å². The molecule has 4 aromatic rings. The summed E-state index contributed by atoms with van der Waals surface area (Å²) in [5.41, 5.74) is -0.213. The first-order chi connectivity index (χ1) is 22.6. The zero-order chi connectivity index (χ0) is 34.3. The Kier molecular flexibility index (Phi) is 7.44. The van der Waals surface area contributed by atoms with Crippen LogP contribution in [0.5, 0.6) is 0 Å². The number of anilines is 2. The lowest BCUT2D eigenvalue weighted by molar-refractivity contribution is 0.0192. The highest BCUT2D eigenvalue weighted by Gasteiger charge is 2.51. The Morgan fingerprint density at radius 2 is 1.79 bits per heavy atom. The van der Waals surface area contributed by atoms with Crippen LogP contribution >= 0.6 is 11.3 Å². The molecule has 3 aliphatic heterocycles. The summed E-state index contributed by atoms with van der Waals surface area (Å²) in [6.45, 7) is 11.8. The Morgan fingerprint density at radius 1 is 1.06 bits per heavy atom. The summed E-state index contributed by atoms with van der Waals surface area (Å²) in [6, 6.07) is 1.92. The van der Waals surface area contributed by atoms with E-state index in [0.717, 1.165) is 17.5 Å². The third-order valence-electron chi connectivity index (χ3n) is 8.50. The van der Waals surface area contributed by atoms with E-state index in [1.54, 1.807) is 31.9 Å². The number of likely N-dealkylation sites (tertiary alicyclic amines) is 1. The van der Waals surface area contributed by atoms with Crippen molar-refractivity contribution in [2.45, 2.75) is 84.5 Å². The van der Waals surface area contributed by atoms with Gasteiger partial charge in [0, 0.05) is 35.6 Å². The van der Waals surface area contributed by atoms with Gasteiger partial charge in [0.2, 0.25) is 5.95 Å². The molecule has 1 aromatic carbocycles. The molecule has 0 bridgehead atoms. The minimum absolute atomic E-state index is 0.0283. The number of hydrogen-bond donors (Lipinski definition) is 1. The van der Waals surface area contributed by atoms with Gasteiger partial charge in [-0.1, -0.05) is 0 Å². The fourth-order valence-corrected chi connectivity index (χ4v) is 7.58. The fraction of sp³-hybridized carbons (Fsp3) is 0.455. The lowest BCUT2D eigenvalue weighted by Crippen LogP contribution is -2.63. The van der Waals surface area contributed by atoms with Crippen molar-refractivity contribution in [3.8, 4) is 17.3 Å². The van der Waals surface area contributed by atoms with Crippen LogP contribution in [0.15, 0.2) is 12.4 Å². The first-order valence-electron chi connectivity index (χ1n) is 15.5. The number of amides is 2. The number of fused-ring (bicyclic) bond motifs is 5. The van der Waals surface area contributed by atoms with Crippen molar-refractivity contribution in [1.29, 1.82) is 5.26 Å². The molecule has 0 unspecified atom stereocenters. The maximum absolute atomic E-state index is 16.9. The zero-order valence-corrected chi connectivity index (χ0v) is 28.1. The molecular weight excluding hydrogens is 644 g/mol. The number of nitrogens with zero attached hydrogens (tertiary/aromatic N) is 6. The fourth-order valence-electron chi connectivity index (χ4n) is 6.54. The van der Waals surface area contributed by atoms with Gasteiger partial charge < -0.3 is 24.0 Å². The number of pyridine rings is 1. The van der Waals surface area contributed by atoms with E-state index in [0.29, 0.717) is 42.0 Å². The van der Waals surface area contributed by atoms with Crippen LogP contribution in [0.4, 0.5) is 29.3 Å². The summed E-state index contributed by atoms with van der Waals surface area (Å²) in [5.74, 6) is -1.13. The van der Waals surface area contributed by atoms with Crippen LogP contribution in [0, 0.1) is 23.0 Å². The van der Waals surface area contributed by atoms with Gasteiger partial charge in [-0.2, -0.15) is 5.26 Å². The molecule has 3 aliphatic rings. The summed E-state index contributed by atoms with van der Waals surface area (Å²) in [6.07, 6.45) is 2.05. The average molecular weight is 678 g/mol. The van der Waals surface area contributed by atoms with Crippen molar-refractivity contribution in [2.24, 2.45) is 0 Å². The second-order valence-corrected chi connectivity index (χ2v) is 15.0. The highest BCUT2D eigenvalue weighted by Crippen LogP contribution is 2.46. The first kappa shape index (κ1) is 31.9. The number of hydrogen-bond acceptors (Lipinski definition) is 11. The van der Waals surface area contributed by atoms with Crippen molar-refractivity contribution in [3.05, 3.63) is 40.7 Å². The molecule has 0 radical (unpaired) electrons. The molecule has 3 aromatic heterocycles. The van der Waals surface area contributed by atoms with Gasteiger partial charge in [0.1, 0.15) is 27.8 Å². The third kappa shape index (κ3) is 5.32. The molecular formula is C33H33F2N7O5S. The van der Waals surface area contributed by atoms with E-state index < -0.39 is 28.9 Å². The van der Waals surface area contributed by atoms with Crippen molar-refractivity contribution < 1.29 is 32.6 Å². The van der Waals surface area contributed by atoms with Crippen molar-refractivity contribution >= 4 is 55.5 Å². The highest BCUT2D eigenvalue weighted by molar-refractivity contribution is 7.23. The lowest BCUT2D eigenvalue weighted by Gasteiger charge is -2.46. The van der Waals surface area contributed by atoms with Crippen LogP contribution < -0.4 is 10.2 Å². The highest BCUT2D eigenvalue weighted by atomic mass is 32.1. The summed E-state index contributed by atoms with van der Waals surface area (Å²) < 4.78 is 48.8. The van der Waals surface area contributed by atoms with Crippen molar-refractivity contribution in [2.75, 3.05) is 23.3 Å². The molecule has 6 heterocycles. The maximum Gasteiger partial charge on any atom is 0.412 e. The van der Waals surface area contributed by atoms with E-state index in [4.69, 9.17) is 14.2 Å². The number of nitriles is 1. The minimum Gasteiger partial charge on any atom is -0.444 e. The molecule has 48 heavy (non-hydrogen) atoms. The molecule has 2 atom stereocenters. The molecule has 0 spiro atoms. The Balaban J connectivity index is 1.30. The van der Waals surface area contributed by atoms with Gasteiger partial charge in [-0.15, -0.1) is 11.3 Å². The van der Waals surface area contributed by atoms with Crippen LogP contribution in [0.25, 0.3) is 32.2 Å². The Bertz CT molecular complexity index is 2070. The topological polar surface area (TPSA) is 143 Å². The molecule has 7 rings (SSSR count). The second kappa shape index (κ2) is 11.2. The number of nitrogens with one attached hydrogen (secondary N) is 1. The summed E-state index contributed by atoms with van der Waals surface area (Å²) in [7, 11) is 0. The van der Waals surface area contributed by atoms with Gasteiger partial charge in [-0.05, 0) is 59.1 Å². The number of carbonyl (C=O) groups is 2. The third-order valence-corrected chi connectivity index (χ3v) is 9.61. The van der Waals surface area contributed by atoms with Crippen LogP contribution in [-0.4, -0.2) is 68.4 Å². The van der Waals surface area contributed by atoms with Crippen LogP contribution in [-0.2, 0) is 27.4 Å². The number of ether oxygens (including phenoxy) is 3. The molecule has 15 heteroatoms. The quantitative estimate of drug-likeness (QED) is 0.251. The van der Waals surface area contributed by atoms with Crippen LogP contribution in [0.3, 0.4) is 0 Å². The monoisotopic (exact) mass is 677 g/mol. The maximum atomic E-state index is 16.9. The molecule has 0 saturated carbocycles. The van der Waals surface area contributed by atoms with Crippen molar-refractivity contribution in [1.82, 2.24) is 19.9 Å². The number of aromatic nitrogens is 3. The van der Waals surface area contributed by atoms with E-state index in [2.05, 4.69) is 20.3 Å². The van der Waals surface area contributed by atoms with E-state index in [-0.39, 0.29) is 68.8 Å². The molecule has 250 valence electrons. The van der Waals surface area contributed by atoms with E-state index in [9.17, 15) is 14.9 Å². The molecule has 0 aliphatic carbocycles. The smallest absolute Gasteiger partial charge is 0.412 e. The summed E-state index contributed by atoms with van der Waals surface area (Å²) >= 11 is 0.839. The standard InChI is InChI=1S/C33H33F2N7O5S/c1-32(2,3)46-30(43)40-28-15(9-36)23-26(37-11-19(34)27(23)48-28)22-18-14-45-13-17(18)16-10-38-29(39-25(16)24(22)35)42-12-21-20(42)7-8-41(21)31(44)47-33(4,5)6/h10-11,20-21H,7-8,12-14H2,1-6H3,(H,40,43)/t20-,21-/m1/s1. The Morgan fingerprint density at radius 3 is 2.50 bits per heavy atom. The number of rotatable bonds is 3. The van der Waals surface area contributed by atoms with Gasteiger partial charge >= 0.3 is 12.2 Å². The summed E-state index contributed by atoms with van der Waals surface area (Å²) in [4.78, 5) is 42.6. The molecule has 12 nitrogen and oxygen atoms in total. The number of carbonyl (C=O) groups excluding carboxylic acids is 2. The van der Waals surface area contributed by atoms with E-state index >= 15 is 8.78 Å². The first-order valence-corrected chi connectivity index (χ1v) is 16.3. The second-order valence-electron chi connectivity index (χ2n) is 14.0. The molecule has 1 N–H and O–H groups in total. The van der Waals surface area contributed by atoms with Crippen LogP contribution in [0.1, 0.15) is 64.7 Å². The lowest BCUT2D eigenvalue weighted by atomic mass is 9.94. The molecule has 2 fully saturated rings. The Hall–Kier alpha value is -4.68. The van der Waals surface area contributed by atoms with Gasteiger partial charge in [-0.25, -0.2) is 28.3 Å². The van der Waals surface area contributed by atoms with Gasteiger partial charge in [0.05, 0.1) is 47.5 Å². The van der Waals surface area contributed by atoms with Crippen molar-refractivity contribution in [3.63, 3.8) is 0 Å². The number of thiophene rings is 1. The van der Waals surface area contributed by atoms with Crippen LogP contribution in [0.2, 0.25) is 0 Å².